The van der Waals surface area contributed by atoms with E-state index in [0.29, 0.717) is 5.69 Å². The van der Waals surface area contributed by atoms with Gasteiger partial charge in [0.25, 0.3) is 5.91 Å². The van der Waals surface area contributed by atoms with Crippen molar-refractivity contribution in [3.05, 3.63) is 83.3 Å². The van der Waals surface area contributed by atoms with Gasteiger partial charge in [-0.1, -0.05) is 36.4 Å². The summed E-state index contributed by atoms with van der Waals surface area (Å²) < 4.78 is 0. The summed E-state index contributed by atoms with van der Waals surface area (Å²) in [5.74, 6) is -0.343. The maximum absolute atomic E-state index is 12.3. The largest absolute Gasteiger partial charge is 0.289 e. The predicted octanol–water partition coefficient (Wildman–Crippen LogP) is 3.49. The van der Waals surface area contributed by atoms with Gasteiger partial charge >= 0.3 is 0 Å². The maximum Gasteiger partial charge on any atom is 0.289 e. The molecule has 4 aromatic rings. The molecule has 0 fully saturated rings. The Morgan fingerprint density at radius 3 is 2.86 bits per heavy atom. The van der Waals surface area contributed by atoms with E-state index in [1.165, 1.54) is 21.9 Å². The Bertz CT molecular complexity index is 1200. The second-order valence-electron chi connectivity index (χ2n) is 6.76. The van der Waals surface area contributed by atoms with E-state index >= 15 is 0 Å². The fourth-order valence-electron chi connectivity index (χ4n) is 3.72. The van der Waals surface area contributed by atoms with E-state index in [0.717, 1.165) is 29.7 Å². The molecule has 6 heteroatoms. The molecule has 136 valence electrons. The molecule has 0 saturated heterocycles. The van der Waals surface area contributed by atoms with Crippen LogP contribution in [0, 0.1) is 0 Å². The second-order valence-corrected chi connectivity index (χ2v) is 6.76. The van der Waals surface area contributed by atoms with Crippen LogP contribution in [0.3, 0.4) is 0 Å². The Kier molecular flexibility index (Phi) is 3.94. The summed E-state index contributed by atoms with van der Waals surface area (Å²) >= 11 is 0. The maximum atomic E-state index is 12.3. The van der Waals surface area contributed by atoms with Gasteiger partial charge in [-0.25, -0.2) is 5.43 Å². The zero-order valence-electron chi connectivity index (χ0n) is 15.0. The van der Waals surface area contributed by atoms with Crippen LogP contribution in [-0.2, 0) is 12.8 Å². The molecule has 0 aliphatic heterocycles. The molecular formula is C22H17N5O. The monoisotopic (exact) mass is 367 g/mol. The Balaban J connectivity index is 1.40. The molecule has 0 bridgehead atoms. The Labute approximate surface area is 161 Å². The van der Waals surface area contributed by atoms with Crippen LogP contribution in [-0.4, -0.2) is 27.3 Å². The molecule has 2 aromatic carbocycles. The van der Waals surface area contributed by atoms with Crippen LogP contribution in [0.4, 0.5) is 0 Å². The van der Waals surface area contributed by atoms with Crippen molar-refractivity contribution in [1.82, 2.24) is 20.6 Å². The van der Waals surface area contributed by atoms with E-state index < -0.39 is 0 Å². The lowest BCUT2D eigenvalue weighted by Crippen LogP contribution is -2.18. The van der Waals surface area contributed by atoms with Crippen LogP contribution in [0.25, 0.3) is 22.0 Å². The van der Waals surface area contributed by atoms with Crippen molar-refractivity contribution in [2.45, 2.75) is 12.8 Å². The van der Waals surface area contributed by atoms with Gasteiger partial charge in [0, 0.05) is 23.5 Å². The van der Waals surface area contributed by atoms with E-state index in [-0.39, 0.29) is 5.91 Å². The van der Waals surface area contributed by atoms with Crippen molar-refractivity contribution >= 4 is 22.9 Å². The predicted molar refractivity (Wildman–Crippen MR) is 108 cm³/mol. The molecule has 2 heterocycles. The Morgan fingerprint density at radius 1 is 1.11 bits per heavy atom. The lowest BCUT2D eigenvalue weighted by atomic mass is 9.98. The van der Waals surface area contributed by atoms with E-state index in [2.05, 4.69) is 56.0 Å². The molecule has 1 amide bonds. The number of hydrogen-bond donors (Lipinski definition) is 2. The number of rotatable bonds is 4. The first-order valence-electron chi connectivity index (χ1n) is 9.12. The zero-order valence-corrected chi connectivity index (χ0v) is 15.0. The number of aromatic amines is 1. The first-order chi connectivity index (χ1) is 13.8. The standard InChI is InChI=1S/C22H17N5O/c28-22(27-24-13-14-3-2-10-23-12-14)20-11-19(25-26-20)17-9-8-16-7-6-15-4-1-5-18(17)21(15)16/h1-5,8-13H,6-7H2,(H,25,26)(H,27,28)/b24-13+. The van der Waals surface area contributed by atoms with Crippen LogP contribution < -0.4 is 5.43 Å². The molecule has 0 spiro atoms. The average Bonchev–Trinajstić information content (AvgIpc) is 3.38. The van der Waals surface area contributed by atoms with Crippen molar-refractivity contribution < 1.29 is 4.79 Å². The third-order valence-corrected chi connectivity index (χ3v) is 5.04. The summed E-state index contributed by atoms with van der Waals surface area (Å²) in [7, 11) is 0. The van der Waals surface area contributed by atoms with Gasteiger partial charge < -0.3 is 0 Å². The van der Waals surface area contributed by atoms with Gasteiger partial charge in [0.1, 0.15) is 5.69 Å². The molecule has 6 nitrogen and oxygen atoms in total. The highest BCUT2D eigenvalue weighted by Gasteiger charge is 2.18. The number of nitrogens with one attached hydrogen (secondary N) is 2. The summed E-state index contributed by atoms with van der Waals surface area (Å²) in [6, 6.07) is 16.1. The first-order valence-corrected chi connectivity index (χ1v) is 9.12. The number of amides is 1. The molecule has 1 aliphatic carbocycles. The number of nitrogens with zero attached hydrogens (tertiary/aromatic N) is 3. The molecule has 1 aliphatic rings. The third kappa shape index (κ3) is 2.85. The lowest BCUT2D eigenvalue weighted by Gasteiger charge is -2.06. The summed E-state index contributed by atoms with van der Waals surface area (Å²) in [6.45, 7) is 0. The molecule has 5 rings (SSSR count). The van der Waals surface area contributed by atoms with E-state index in [4.69, 9.17) is 0 Å². The fourth-order valence-corrected chi connectivity index (χ4v) is 3.72. The SMILES string of the molecule is O=C(N/N=C/c1cccnc1)c1cc(-c2ccc3c4c(cccc24)CC3)n[nH]1. The molecule has 0 atom stereocenters. The fraction of sp³-hybridized carbons (Fsp3) is 0.0909. The van der Waals surface area contributed by atoms with Crippen LogP contribution in [0.15, 0.2) is 66.0 Å². The van der Waals surface area contributed by atoms with Crippen molar-refractivity contribution in [2.75, 3.05) is 0 Å². The topological polar surface area (TPSA) is 83.0 Å². The summed E-state index contributed by atoms with van der Waals surface area (Å²) in [5.41, 5.74) is 8.21. The highest BCUT2D eigenvalue weighted by Crippen LogP contribution is 2.36. The summed E-state index contributed by atoms with van der Waals surface area (Å²) in [5, 5.41) is 13.6. The number of carbonyl (C=O) groups excluding carboxylic acids is 1. The smallest absolute Gasteiger partial charge is 0.272 e. The van der Waals surface area contributed by atoms with Crippen LogP contribution in [0.1, 0.15) is 27.2 Å². The van der Waals surface area contributed by atoms with Gasteiger partial charge in [0.2, 0.25) is 0 Å². The van der Waals surface area contributed by atoms with Crippen molar-refractivity contribution in [3.63, 3.8) is 0 Å². The zero-order chi connectivity index (χ0) is 18.9. The third-order valence-electron chi connectivity index (χ3n) is 5.04. The molecule has 0 saturated carbocycles. The number of H-pyrrole nitrogens is 1. The molecule has 0 radical (unpaired) electrons. The minimum Gasteiger partial charge on any atom is -0.272 e. The highest BCUT2D eigenvalue weighted by atomic mass is 16.2. The minimum absolute atomic E-state index is 0.343. The number of pyridine rings is 1. The summed E-state index contributed by atoms with van der Waals surface area (Å²) in [4.78, 5) is 16.3. The minimum atomic E-state index is -0.343. The first kappa shape index (κ1) is 16.4. The number of carbonyl (C=O) groups is 1. The summed E-state index contributed by atoms with van der Waals surface area (Å²) in [6.07, 6.45) is 7.06. The van der Waals surface area contributed by atoms with E-state index in [1.54, 1.807) is 24.7 Å². The van der Waals surface area contributed by atoms with Crippen molar-refractivity contribution in [2.24, 2.45) is 5.10 Å². The number of hydrogen-bond acceptors (Lipinski definition) is 4. The molecule has 0 unspecified atom stereocenters. The van der Waals surface area contributed by atoms with Gasteiger partial charge in [-0.15, -0.1) is 0 Å². The average molecular weight is 367 g/mol. The number of hydrazone groups is 1. The lowest BCUT2D eigenvalue weighted by molar-refractivity contribution is 0.0950. The molecule has 28 heavy (non-hydrogen) atoms. The quantitative estimate of drug-likeness (QED) is 0.428. The second kappa shape index (κ2) is 6.74. The van der Waals surface area contributed by atoms with Gasteiger partial charge in [0.15, 0.2) is 0 Å². The van der Waals surface area contributed by atoms with Gasteiger partial charge in [-0.3, -0.25) is 14.9 Å². The number of aryl methyl sites for hydroxylation is 2. The van der Waals surface area contributed by atoms with Gasteiger partial charge in [0.05, 0.1) is 11.9 Å². The number of benzene rings is 2. The van der Waals surface area contributed by atoms with E-state index in [9.17, 15) is 4.79 Å². The van der Waals surface area contributed by atoms with Crippen LogP contribution in [0.2, 0.25) is 0 Å². The molecule has 2 aromatic heterocycles. The van der Waals surface area contributed by atoms with Crippen molar-refractivity contribution in [3.8, 4) is 11.3 Å². The van der Waals surface area contributed by atoms with Crippen LogP contribution in [0.5, 0.6) is 0 Å². The number of aromatic nitrogens is 3. The van der Waals surface area contributed by atoms with Crippen molar-refractivity contribution in [1.29, 1.82) is 0 Å². The highest BCUT2D eigenvalue weighted by molar-refractivity contribution is 6.02. The van der Waals surface area contributed by atoms with Gasteiger partial charge in [-0.2, -0.15) is 10.2 Å². The molecular weight excluding hydrogens is 350 g/mol. The normalized spacial score (nSPS) is 12.7. The molecule has 2 N–H and O–H groups in total. The Hall–Kier alpha value is -3.80. The Morgan fingerprint density at radius 2 is 2.00 bits per heavy atom. The van der Waals surface area contributed by atoms with Gasteiger partial charge in [-0.05, 0) is 46.9 Å². The van der Waals surface area contributed by atoms with E-state index in [1.807, 2.05) is 12.1 Å². The van der Waals surface area contributed by atoms with Crippen LogP contribution >= 0.6 is 0 Å².